The fourth-order valence-electron chi connectivity index (χ4n) is 2.32. The van der Waals surface area contributed by atoms with Gasteiger partial charge in [0.25, 0.3) is 5.91 Å². The van der Waals surface area contributed by atoms with Gasteiger partial charge in [0.1, 0.15) is 5.75 Å². The van der Waals surface area contributed by atoms with Crippen LogP contribution in [-0.4, -0.2) is 31.2 Å². The number of carbonyl (C=O) groups excluding carboxylic acids is 1. The average Bonchev–Trinajstić information content (AvgIpc) is 2.87. The molecule has 0 aliphatic heterocycles. The van der Waals surface area contributed by atoms with E-state index in [2.05, 4.69) is 10.3 Å². The maximum atomic E-state index is 12.4. The number of nitrogens with zero attached hydrogens (tertiary/aromatic N) is 1. The second-order valence-corrected chi connectivity index (χ2v) is 5.13. The van der Waals surface area contributed by atoms with Crippen molar-refractivity contribution in [3.8, 4) is 5.75 Å². The van der Waals surface area contributed by atoms with Crippen molar-refractivity contribution in [1.82, 2.24) is 10.3 Å². The van der Waals surface area contributed by atoms with Gasteiger partial charge in [-0.15, -0.1) is 0 Å². The number of ether oxygens (including phenoxy) is 2. The van der Waals surface area contributed by atoms with E-state index in [0.717, 1.165) is 11.3 Å². The van der Waals surface area contributed by atoms with Crippen molar-refractivity contribution in [2.24, 2.45) is 0 Å². The standard InChI is InChI=1S/C17H22N2O4/c1-5-22-14-8-6-13(7-9-14)15(10-21-4)19-17(20)16-11(2)18-12(3)23-16/h6-9,15H,5,10H2,1-4H3,(H,19,20)/t15-/m1/s1. The predicted molar refractivity (Wildman–Crippen MR) is 85.7 cm³/mol. The summed E-state index contributed by atoms with van der Waals surface area (Å²) in [5.41, 5.74) is 1.50. The lowest BCUT2D eigenvalue weighted by Gasteiger charge is -2.18. The Kier molecular flexibility index (Phi) is 5.76. The molecule has 1 heterocycles. The van der Waals surface area contributed by atoms with Crippen LogP contribution in [-0.2, 0) is 4.74 Å². The van der Waals surface area contributed by atoms with Gasteiger partial charge in [-0.25, -0.2) is 4.98 Å². The molecular weight excluding hydrogens is 296 g/mol. The molecule has 0 unspecified atom stereocenters. The summed E-state index contributed by atoms with van der Waals surface area (Å²) in [7, 11) is 1.59. The number of carbonyl (C=O) groups is 1. The van der Waals surface area contributed by atoms with E-state index < -0.39 is 0 Å². The van der Waals surface area contributed by atoms with Gasteiger partial charge >= 0.3 is 0 Å². The monoisotopic (exact) mass is 318 g/mol. The number of hydrogen-bond acceptors (Lipinski definition) is 5. The molecular formula is C17H22N2O4. The van der Waals surface area contributed by atoms with Crippen molar-refractivity contribution in [1.29, 1.82) is 0 Å². The molecule has 1 atom stereocenters. The zero-order chi connectivity index (χ0) is 16.8. The lowest BCUT2D eigenvalue weighted by molar-refractivity contribution is 0.0867. The molecule has 0 aliphatic rings. The molecule has 0 saturated heterocycles. The van der Waals surface area contributed by atoms with E-state index in [1.165, 1.54) is 0 Å². The Morgan fingerprint density at radius 1 is 1.30 bits per heavy atom. The molecule has 0 saturated carbocycles. The molecule has 1 aromatic carbocycles. The molecule has 124 valence electrons. The summed E-state index contributed by atoms with van der Waals surface area (Å²) in [6, 6.07) is 7.28. The minimum absolute atomic E-state index is 0.231. The van der Waals surface area contributed by atoms with Crippen LogP contribution < -0.4 is 10.1 Å². The van der Waals surface area contributed by atoms with Crippen LogP contribution in [0.1, 0.15) is 40.7 Å². The zero-order valence-corrected chi connectivity index (χ0v) is 13.9. The van der Waals surface area contributed by atoms with E-state index >= 15 is 0 Å². The maximum Gasteiger partial charge on any atom is 0.289 e. The first kappa shape index (κ1) is 17.0. The fraction of sp³-hybridized carbons (Fsp3) is 0.412. The first-order chi connectivity index (χ1) is 11.0. The van der Waals surface area contributed by atoms with Crippen LogP contribution in [0.3, 0.4) is 0 Å². The van der Waals surface area contributed by atoms with Crippen LogP contribution in [0, 0.1) is 13.8 Å². The van der Waals surface area contributed by atoms with Crippen LogP contribution in [0.15, 0.2) is 28.7 Å². The molecule has 6 nitrogen and oxygen atoms in total. The Hall–Kier alpha value is -2.34. The molecule has 23 heavy (non-hydrogen) atoms. The number of benzene rings is 1. The highest BCUT2D eigenvalue weighted by molar-refractivity contribution is 5.92. The van der Waals surface area contributed by atoms with Crippen molar-refractivity contribution >= 4 is 5.91 Å². The Morgan fingerprint density at radius 2 is 2.00 bits per heavy atom. The number of aromatic nitrogens is 1. The highest BCUT2D eigenvalue weighted by Crippen LogP contribution is 2.19. The third kappa shape index (κ3) is 4.32. The summed E-state index contributed by atoms with van der Waals surface area (Å²) in [6.07, 6.45) is 0. The van der Waals surface area contributed by atoms with Crippen molar-refractivity contribution in [2.45, 2.75) is 26.8 Å². The van der Waals surface area contributed by atoms with Crippen LogP contribution in [0.5, 0.6) is 5.75 Å². The predicted octanol–water partition coefficient (Wildman–Crippen LogP) is 2.81. The summed E-state index contributed by atoms with van der Waals surface area (Å²) in [6.45, 7) is 6.35. The van der Waals surface area contributed by atoms with Gasteiger partial charge in [0.05, 0.1) is 24.9 Å². The Balaban J connectivity index is 2.14. The van der Waals surface area contributed by atoms with Gasteiger partial charge in [-0.05, 0) is 31.5 Å². The topological polar surface area (TPSA) is 73.6 Å². The second kappa shape index (κ2) is 7.78. The van der Waals surface area contributed by atoms with Gasteiger partial charge in [0, 0.05) is 14.0 Å². The number of hydrogen-bond donors (Lipinski definition) is 1. The SMILES string of the molecule is CCOc1ccc([C@@H](COC)NC(=O)c2oc(C)nc2C)cc1. The van der Waals surface area contributed by atoms with Crippen molar-refractivity contribution in [3.63, 3.8) is 0 Å². The molecule has 0 aliphatic carbocycles. The van der Waals surface area contributed by atoms with E-state index in [-0.39, 0.29) is 17.7 Å². The Bertz CT molecular complexity index is 649. The molecule has 6 heteroatoms. The van der Waals surface area contributed by atoms with Crippen LogP contribution >= 0.6 is 0 Å². The summed E-state index contributed by atoms with van der Waals surface area (Å²) >= 11 is 0. The molecule has 0 spiro atoms. The normalized spacial score (nSPS) is 12.0. The van der Waals surface area contributed by atoms with Gasteiger partial charge in [-0.3, -0.25) is 4.79 Å². The number of aryl methyl sites for hydroxylation is 2. The van der Waals surface area contributed by atoms with Crippen LogP contribution in [0.25, 0.3) is 0 Å². The molecule has 0 bridgehead atoms. The quantitative estimate of drug-likeness (QED) is 0.850. The van der Waals surface area contributed by atoms with E-state index in [1.807, 2.05) is 31.2 Å². The lowest BCUT2D eigenvalue weighted by atomic mass is 10.1. The maximum absolute atomic E-state index is 12.4. The zero-order valence-electron chi connectivity index (χ0n) is 13.9. The largest absolute Gasteiger partial charge is 0.494 e. The number of methoxy groups -OCH3 is 1. The number of nitrogens with one attached hydrogen (secondary N) is 1. The summed E-state index contributed by atoms with van der Waals surface area (Å²) in [5, 5.41) is 2.92. The van der Waals surface area contributed by atoms with Gasteiger partial charge in [0.2, 0.25) is 5.76 Å². The molecule has 0 radical (unpaired) electrons. The van der Waals surface area contributed by atoms with E-state index in [0.29, 0.717) is 24.8 Å². The van der Waals surface area contributed by atoms with E-state index in [9.17, 15) is 4.79 Å². The van der Waals surface area contributed by atoms with Gasteiger partial charge in [-0.2, -0.15) is 0 Å². The van der Waals surface area contributed by atoms with E-state index in [1.54, 1.807) is 21.0 Å². The molecule has 0 fully saturated rings. The molecule has 1 aromatic heterocycles. The first-order valence-corrected chi connectivity index (χ1v) is 7.51. The minimum Gasteiger partial charge on any atom is -0.494 e. The van der Waals surface area contributed by atoms with Crippen molar-refractivity contribution < 1.29 is 18.7 Å². The summed E-state index contributed by atoms with van der Waals surface area (Å²) in [4.78, 5) is 16.5. The average molecular weight is 318 g/mol. The first-order valence-electron chi connectivity index (χ1n) is 7.51. The van der Waals surface area contributed by atoms with Crippen LogP contribution in [0.2, 0.25) is 0 Å². The third-order valence-electron chi connectivity index (χ3n) is 3.34. The molecule has 1 amide bonds. The van der Waals surface area contributed by atoms with Crippen molar-refractivity contribution in [3.05, 3.63) is 47.2 Å². The second-order valence-electron chi connectivity index (χ2n) is 5.13. The fourth-order valence-corrected chi connectivity index (χ4v) is 2.32. The highest BCUT2D eigenvalue weighted by Gasteiger charge is 2.21. The minimum atomic E-state index is -0.306. The number of rotatable bonds is 7. The van der Waals surface area contributed by atoms with Gasteiger partial charge in [-0.1, -0.05) is 12.1 Å². The van der Waals surface area contributed by atoms with Crippen molar-refractivity contribution in [2.75, 3.05) is 20.3 Å². The summed E-state index contributed by atoms with van der Waals surface area (Å²) in [5.74, 6) is 1.19. The third-order valence-corrected chi connectivity index (χ3v) is 3.34. The molecule has 2 aromatic rings. The highest BCUT2D eigenvalue weighted by atomic mass is 16.5. The molecule has 2 rings (SSSR count). The lowest BCUT2D eigenvalue weighted by Crippen LogP contribution is -2.31. The van der Waals surface area contributed by atoms with Gasteiger partial charge in [0.15, 0.2) is 5.89 Å². The summed E-state index contributed by atoms with van der Waals surface area (Å²) < 4.78 is 16.0. The number of amides is 1. The Morgan fingerprint density at radius 3 is 2.52 bits per heavy atom. The number of oxazole rings is 1. The van der Waals surface area contributed by atoms with Crippen LogP contribution in [0.4, 0.5) is 0 Å². The molecule has 1 N–H and O–H groups in total. The smallest absolute Gasteiger partial charge is 0.289 e. The van der Waals surface area contributed by atoms with E-state index in [4.69, 9.17) is 13.9 Å². The Labute approximate surface area is 135 Å². The van der Waals surface area contributed by atoms with Gasteiger partial charge < -0.3 is 19.2 Å².